The predicted octanol–water partition coefficient (Wildman–Crippen LogP) is 1.23. The molecule has 17 heavy (non-hydrogen) atoms. The first-order valence-corrected chi connectivity index (χ1v) is 5.66. The lowest BCUT2D eigenvalue weighted by molar-refractivity contribution is 0.182. The van der Waals surface area contributed by atoms with E-state index >= 15 is 0 Å². The summed E-state index contributed by atoms with van der Waals surface area (Å²) in [6, 6.07) is 4.00. The minimum absolute atomic E-state index is 0.0105. The summed E-state index contributed by atoms with van der Waals surface area (Å²) in [5.74, 6) is -0.0105. The van der Waals surface area contributed by atoms with Gasteiger partial charge in [0.25, 0.3) is 0 Å². The molecule has 1 unspecified atom stereocenters. The van der Waals surface area contributed by atoms with E-state index in [0.717, 1.165) is 12.2 Å². The van der Waals surface area contributed by atoms with Gasteiger partial charge < -0.3 is 15.4 Å². The highest BCUT2D eigenvalue weighted by Gasteiger charge is 2.17. The Bertz CT molecular complexity index is 381. The molecule has 0 bridgehead atoms. The van der Waals surface area contributed by atoms with Gasteiger partial charge in [0, 0.05) is 25.9 Å². The second-order valence-corrected chi connectivity index (χ2v) is 3.88. The van der Waals surface area contributed by atoms with Crippen molar-refractivity contribution in [2.45, 2.75) is 19.9 Å². The van der Waals surface area contributed by atoms with Gasteiger partial charge in [0.05, 0.1) is 12.3 Å². The highest BCUT2D eigenvalue weighted by molar-refractivity contribution is 5.98. The Balaban J connectivity index is 3.06. The summed E-state index contributed by atoms with van der Waals surface area (Å²) in [6.07, 6.45) is 1.65. The molecule has 0 aliphatic rings. The van der Waals surface area contributed by atoms with Crippen molar-refractivity contribution in [3.05, 3.63) is 24.0 Å². The first-order chi connectivity index (χ1) is 8.11. The lowest BCUT2D eigenvalue weighted by Crippen LogP contribution is -2.37. The van der Waals surface area contributed by atoms with Crippen LogP contribution in [0.2, 0.25) is 0 Å². The van der Waals surface area contributed by atoms with Gasteiger partial charge in [0.1, 0.15) is 11.5 Å². The van der Waals surface area contributed by atoms with Gasteiger partial charge >= 0.3 is 0 Å². The third-order valence-corrected chi connectivity index (χ3v) is 2.63. The zero-order valence-electron chi connectivity index (χ0n) is 10.6. The van der Waals surface area contributed by atoms with Gasteiger partial charge in [-0.1, -0.05) is 0 Å². The summed E-state index contributed by atoms with van der Waals surface area (Å²) in [5, 5.41) is 7.54. The fourth-order valence-electron chi connectivity index (χ4n) is 1.89. The fraction of sp³-hybridized carbons (Fsp3) is 0.500. The van der Waals surface area contributed by atoms with Gasteiger partial charge in [-0.05, 0) is 26.0 Å². The summed E-state index contributed by atoms with van der Waals surface area (Å²) in [7, 11) is 1.68. The number of hydrogen-bond donors (Lipinski definition) is 2. The Kier molecular flexibility index (Phi) is 4.90. The summed E-state index contributed by atoms with van der Waals surface area (Å²) in [4.78, 5) is 6.29. The van der Waals surface area contributed by atoms with Crippen LogP contribution in [0.5, 0.6) is 0 Å². The predicted molar refractivity (Wildman–Crippen MR) is 69.6 cm³/mol. The van der Waals surface area contributed by atoms with Gasteiger partial charge in [0.2, 0.25) is 0 Å². The number of rotatable bonds is 6. The molecule has 0 spiro atoms. The van der Waals surface area contributed by atoms with Crippen LogP contribution in [0.3, 0.4) is 0 Å². The topological polar surface area (TPSA) is 75.2 Å². The van der Waals surface area contributed by atoms with E-state index in [1.807, 2.05) is 12.1 Å². The molecule has 1 aromatic rings. The lowest BCUT2D eigenvalue weighted by Gasteiger charge is -2.30. The van der Waals surface area contributed by atoms with Crippen molar-refractivity contribution in [3.63, 3.8) is 0 Å². The number of methoxy groups -OCH3 is 1. The SMILES string of the molecule is CCN(c1cccnc1C(=N)N)C(C)COC. The number of amidine groups is 1. The van der Waals surface area contributed by atoms with Crippen molar-refractivity contribution < 1.29 is 4.74 Å². The molecule has 0 aliphatic carbocycles. The van der Waals surface area contributed by atoms with E-state index in [0.29, 0.717) is 12.3 Å². The number of hydrogen-bond acceptors (Lipinski definition) is 4. The smallest absolute Gasteiger partial charge is 0.143 e. The quantitative estimate of drug-likeness (QED) is 0.575. The normalized spacial score (nSPS) is 12.2. The van der Waals surface area contributed by atoms with Crippen molar-refractivity contribution in [3.8, 4) is 0 Å². The molecule has 94 valence electrons. The van der Waals surface area contributed by atoms with Gasteiger partial charge in [0.15, 0.2) is 0 Å². The van der Waals surface area contributed by atoms with Crippen LogP contribution < -0.4 is 10.6 Å². The van der Waals surface area contributed by atoms with Crippen LogP contribution in [0.4, 0.5) is 5.69 Å². The maximum absolute atomic E-state index is 7.54. The second-order valence-electron chi connectivity index (χ2n) is 3.88. The third-order valence-electron chi connectivity index (χ3n) is 2.63. The maximum atomic E-state index is 7.54. The van der Waals surface area contributed by atoms with Gasteiger partial charge in [-0.2, -0.15) is 0 Å². The zero-order valence-corrected chi connectivity index (χ0v) is 10.6. The molecule has 1 heterocycles. The number of nitrogens with two attached hydrogens (primary N) is 1. The Morgan fingerprint density at radius 2 is 2.35 bits per heavy atom. The molecular weight excluding hydrogens is 216 g/mol. The summed E-state index contributed by atoms with van der Waals surface area (Å²) < 4.78 is 5.16. The monoisotopic (exact) mass is 236 g/mol. The molecule has 3 N–H and O–H groups in total. The van der Waals surface area contributed by atoms with Crippen molar-refractivity contribution in [1.82, 2.24) is 4.98 Å². The molecule has 0 saturated heterocycles. The van der Waals surface area contributed by atoms with E-state index in [4.69, 9.17) is 15.9 Å². The third kappa shape index (κ3) is 3.17. The van der Waals surface area contributed by atoms with E-state index in [1.54, 1.807) is 13.3 Å². The molecule has 0 aliphatic heterocycles. The number of ether oxygens (including phenoxy) is 1. The van der Waals surface area contributed by atoms with Crippen molar-refractivity contribution in [2.75, 3.05) is 25.2 Å². The van der Waals surface area contributed by atoms with Crippen LogP contribution in [-0.4, -0.2) is 37.1 Å². The molecule has 0 amide bonds. The van der Waals surface area contributed by atoms with Crippen LogP contribution in [0.15, 0.2) is 18.3 Å². The van der Waals surface area contributed by atoms with E-state index in [-0.39, 0.29) is 11.9 Å². The average Bonchev–Trinajstić information content (AvgIpc) is 2.31. The first kappa shape index (κ1) is 13.4. The Morgan fingerprint density at radius 3 is 2.88 bits per heavy atom. The summed E-state index contributed by atoms with van der Waals surface area (Å²) in [6.45, 7) is 5.57. The van der Waals surface area contributed by atoms with E-state index in [9.17, 15) is 0 Å². The van der Waals surface area contributed by atoms with E-state index in [1.165, 1.54) is 0 Å². The van der Waals surface area contributed by atoms with Crippen molar-refractivity contribution in [1.29, 1.82) is 5.41 Å². The number of nitrogen functional groups attached to an aromatic ring is 1. The molecule has 1 rings (SSSR count). The summed E-state index contributed by atoms with van der Waals surface area (Å²) in [5.41, 5.74) is 6.95. The number of nitrogens with one attached hydrogen (secondary N) is 1. The van der Waals surface area contributed by atoms with E-state index in [2.05, 4.69) is 23.7 Å². The molecule has 0 aromatic carbocycles. The highest BCUT2D eigenvalue weighted by atomic mass is 16.5. The molecular formula is C12H20N4O. The number of aromatic nitrogens is 1. The van der Waals surface area contributed by atoms with Crippen LogP contribution >= 0.6 is 0 Å². The largest absolute Gasteiger partial charge is 0.383 e. The van der Waals surface area contributed by atoms with E-state index < -0.39 is 0 Å². The number of nitrogens with zero attached hydrogens (tertiary/aromatic N) is 2. The number of likely N-dealkylation sites (N-methyl/N-ethyl adjacent to an activating group) is 1. The Hall–Kier alpha value is -1.62. The molecule has 1 atom stereocenters. The van der Waals surface area contributed by atoms with Crippen molar-refractivity contribution in [2.24, 2.45) is 5.73 Å². The van der Waals surface area contributed by atoms with Crippen LogP contribution in [0, 0.1) is 5.41 Å². The highest BCUT2D eigenvalue weighted by Crippen LogP contribution is 2.20. The number of pyridine rings is 1. The standard InChI is InChI=1S/C12H20N4O/c1-4-16(9(2)8-17-3)10-6-5-7-15-11(10)12(13)14/h5-7,9H,4,8H2,1-3H3,(H3,13,14). The molecule has 5 nitrogen and oxygen atoms in total. The zero-order chi connectivity index (χ0) is 12.8. The van der Waals surface area contributed by atoms with Crippen LogP contribution in [0.1, 0.15) is 19.5 Å². The van der Waals surface area contributed by atoms with Crippen LogP contribution in [0.25, 0.3) is 0 Å². The van der Waals surface area contributed by atoms with Gasteiger partial charge in [-0.3, -0.25) is 10.4 Å². The Morgan fingerprint density at radius 1 is 1.65 bits per heavy atom. The van der Waals surface area contributed by atoms with Crippen molar-refractivity contribution >= 4 is 11.5 Å². The van der Waals surface area contributed by atoms with Gasteiger partial charge in [-0.15, -0.1) is 0 Å². The maximum Gasteiger partial charge on any atom is 0.143 e. The second kappa shape index (κ2) is 6.20. The molecule has 0 radical (unpaired) electrons. The molecule has 0 saturated carbocycles. The molecule has 1 aromatic heterocycles. The molecule has 0 fully saturated rings. The minimum Gasteiger partial charge on any atom is -0.383 e. The summed E-state index contributed by atoms with van der Waals surface area (Å²) >= 11 is 0. The number of anilines is 1. The lowest BCUT2D eigenvalue weighted by atomic mass is 10.2. The van der Waals surface area contributed by atoms with Gasteiger partial charge in [-0.25, -0.2) is 0 Å². The Labute approximate surface area is 102 Å². The fourth-order valence-corrected chi connectivity index (χ4v) is 1.89. The first-order valence-electron chi connectivity index (χ1n) is 5.66. The minimum atomic E-state index is -0.0105. The molecule has 5 heteroatoms. The average molecular weight is 236 g/mol. The van der Waals surface area contributed by atoms with Crippen LogP contribution in [-0.2, 0) is 4.74 Å².